The number of Topliss-reactive ketones (excluding diaryl/α,β-unsaturated/α-hetero) is 2. The predicted octanol–water partition coefficient (Wildman–Crippen LogP) is 0.318. The molecule has 48 heavy (non-hydrogen) atoms. The summed E-state index contributed by atoms with van der Waals surface area (Å²) in [6.07, 6.45) is -3.45. The number of primary amides is 1. The number of hydroxylamine groups is 1. The number of aromatic hydroxyl groups is 1. The zero-order valence-electron chi connectivity index (χ0n) is 27.3. The molecule has 1 aromatic carbocycles. The van der Waals surface area contributed by atoms with Crippen LogP contribution in [0.1, 0.15) is 44.7 Å². The molecule has 1 saturated heterocycles. The number of carbonyl (C=O) groups is 3. The minimum Gasteiger partial charge on any atom is -0.508 e. The van der Waals surface area contributed by atoms with Crippen LogP contribution in [0.15, 0.2) is 23.0 Å². The summed E-state index contributed by atoms with van der Waals surface area (Å²) in [6, 6.07) is -0.750. The molecule has 9 atom stereocenters. The van der Waals surface area contributed by atoms with Crippen molar-refractivity contribution >= 4 is 34.8 Å². The monoisotopic (exact) mass is 697 g/mol. The highest BCUT2D eigenvalue weighted by Gasteiger charge is 2.74. The molecular weight excluding hydrogens is 658 g/mol. The van der Waals surface area contributed by atoms with Crippen LogP contribution in [0.5, 0.6) is 11.5 Å². The fraction of sp³-hybridized carbons (Fsp3) is 0.581. The van der Waals surface area contributed by atoms with Gasteiger partial charge in [-0.15, -0.1) is 0 Å². The summed E-state index contributed by atoms with van der Waals surface area (Å²) in [5, 5.41) is 68.6. The molecule has 4 aliphatic rings. The van der Waals surface area contributed by atoms with Crippen molar-refractivity contribution in [1.82, 2.24) is 10.4 Å². The number of hydrogen-bond acceptors (Lipinski definition) is 15. The van der Waals surface area contributed by atoms with E-state index in [9.17, 15) is 45.1 Å². The maximum Gasteiger partial charge on any atom is 0.255 e. The molecule has 17 heteroatoms. The lowest BCUT2D eigenvalue weighted by molar-refractivity contribution is -0.300. The number of fused-ring (bicyclic) bond motifs is 3. The van der Waals surface area contributed by atoms with Crippen LogP contribution in [0.4, 0.5) is 0 Å². The number of hydrogen-bond donors (Lipinski definition) is 8. The number of rotatable bonds is 7. The molecule has 2 fully saturated rings. The molecule has 0 bridgehead atoms. The maximum absolute atomic E-state index is 14.6. The molecule has 16 nitrogen and oxygen atoms in total. The Balaban J connectivity index is 1.82. The number of aliphatic hydroxyl groups excluding tert-OH is 2. The van der Waals surface area contributed by atoms with Crippen LogP contribution >= 0.6 is 11.6 Å². The molecule has 1 aliphatic heterocycles. The smallest absolute Gasteiger partial charge is 0.255 e. The quantitative estimate of drug-likeness (QED) is 0.141. The van der Waals surface area contributed by atoms with Crippen molar-refractivity contribution in [2.45, 2.75) is 80.5 Å². The van der Waals surface area contributed by atoms with Gasteiger partial charge in [0.15, 0.2) is 17.8 Å². The van der Waals surface area contributed by atoms with Gasteiger partial charge in [-0.1, -0.05) is 11.6 Å². The summed E-state index contributed by atoms with van der Waals surface area (Å²) >= 11 is 6.85. The molecule has 264 valence electrons. The van der Waals surface area contributed by atoms with E-state index in [4.69, 9.17) is 36.3 Å². The molecule has 1 heterocycles. The fourth-order valence-corrected chi connectivity index (χ4v) is 8.61. The Kier molecular flexibility index (Phi) is 8.72. The number of phenols is 1. The third-order valence-corrected chi connectivity index (χ3v) is 10.7. The molecule has 1 amide bonds. The number of aliphatic hydroxyl groups is 4. The molecule has 3 aliphatic carbocycles. The van der Waals surface area contributed by atoms with Crippen molar-refractivity contribution in [3.8, 4) is 11.5 Å². The fourth-order valence-electron chi connectivity index (χ4n) is 8.19. The molecule has 5 rings (SSSR count). The van der Waals surface area contributed by atoms with E-state index in [1.165, 1.54) is 35.2 Å². The number of halogens is 1. The largest absolute Gasteiger partial charge is 0.508 e. The van der Waals surface area contributed by atoms with Crippen molar-refractivity contribution in [2.24, 2.45) is 11.7 Å². The van der Waals surface area contributed by atoms with Crippen LogP contribution in [-0.4, -0.2) is 123 Å². The first-order valence-corrected chi connectivity index (χ1v) is 15.3. The number of nitrogens with one attached hydrogen (secondary N) is 1. The van der Waals surface area contributed by atoms with Crippen molar-refractivity contribution in [3.63, 3.8) is 0 Å². The zero-order valence-corrected chi connectivity index (χ0v) is 28.1. The van der Waals surface area contributed by atoms with E-state index in [1.807, 2.05) is 0 Å². The van der Waals surface area contributed by atoms with Gasteiger partial charge >= 0.3 is 0 Å². The van der Waals surface area contributed by atoms with Crippen LogP contribution in [0.25, 0.3) is 5.76 Å². The van der Waals surface area contributed by atoms with E-state index >= 15 is 0 Å². The van der Waals surface area contributed by atoms with Crippen LogP contribution < -0.4 is 16.0 Å². The first kappa shape index (κ1) is 36.0. The SMILES string of the molecule is COc1cc(O)c2c(c1Cl)C(C)(OC1CC(C)(NO)C(OC)C(C)O1)C1CC3(O)C(N(C)C)C(=O)C(C(N)=O)=C(O)C3(O)C(=O)C1=C2O. The number of ketones is 2. The van der Waals surface area contributed by atoms with E-state index in [0.717, 1.165) is 11.0 Å². The summed E-state index contributed by atoms with van der Waals surface area (Å²) in [7, 11) is 5.39. The van der Waals surface area contributed by atoms with Crippen molar-refractivity contribution in [2.75, 3.05) is 28.3 Å². The van der Waals surface area contributed by atoms with Gasteiger partial charge in [-0.05, 0) is 41.3 Å². The second-order valence-corrected chi connectivity index (χ2v) is 13.7. The first-order valence-electron chi connectivity index (χ1n) is 15.0. The van der Waals surface area contributed by atoms with Gasteiger partial charge in [-0.2, -0.15) is 5.48 Å². The standard InChI is InChI=1S/C31H40ClN3O13/c1-11-26(46-7)28(2,34-44)10-15(47-11)48-29(3)12-9-30(42)23(35(4)5)22(38)18(27(33)41)25(40)31(30,43)24(39)16(12)21(37)17-13(36)8-14(45-6)20(32)19(17)29/h8,11-12,15,23,26,34,36-37,40,42-44H,9-10H2,1-7H3,(H2,33,41). The Morgan fingerprint density at radius 3 is 2.29 bits per heavy atom. The van der Waals surface area contributed by atoms with Gasteiger partial charge in [0, 0.05) is 36.7 Å². The molecule has 9 unspecified atom stereocenters. The minimum absolute atomic E-state index is 0.0544. The number of nitrogens with zero attached hydrogens (tertiary/aromatic N) is 1. The number of benzene rings is 1. The molecule has 0 aromatic heterocycles. The number of ether oxygens (including phenoxy) is 4. The van der Waals surface area contributed by atoms with E-state index in [0.29, 0.717) is 0 Å². The number of likely N-dealkylation sites (N-methyl/N-ethyl adjacent to an activating group) is 1. The van der Waals surface area contributed by atoms with Gasteiger partial charge in [-0.25, -0.2) is 0 Å². The van der Waals surface area contributed by atoms with Crippen LogP contribution in [0.2, 0.25) is 5.02 Å². The number of methoxy groups -OCH3 is 2. The summed E-state index contributed by atoms with van der Waals surface area (Å²) in [5.41, 5.74) is -3.96. The Bertz CT molecular complexity index is 1660. The van der Waals surface area contributed by atoms with Gasteiger partial charge in [0.1, 0.15) is 46.2 Å². The van der Waals surface area contributed by atoms with E-state index in [-0.39, 0.29) is 22.8 Å². The van der Waals surface area contributed by atoms with Crippen molar-refractivity contribution in [1.29, 1.82) is 0 Å². The minimum atomic E-state index is -3.38. The van der Waals surface area contributed by atoms with E-state index in [1.54, 1.807) is 13.8 Å². The molecule has 1 aromatic rings. The van der Waals surface area contributed by atoms with Gasteiger partial charge in [-0.3, -0.25) is 19.3 Å². The molecule has 0 spiro atoms. The zero-order chi connectivity index (χ0) is 36.0. The van der Waals surface area contributed by atoms with Gasteiger partial charge in [0.25, 0.3) is 5.91 Å². The average Bonchev–Trinajstić information content (AvgIpc) is 2.98. The van der Waals surface area contributed by atoms with Gasteiger partial charge in [0.05, 0.1) is 29.3 Å². The van der Waals surface area contributed by atoms with E-state index in [2.05, 4.69) is 5.48 Å². The summed E-state index contributed by atoms with van der Waals surface area (Å²) in [6.45, 7) is 4.76. The van der Waals surface area contributed by atoms with Gasteiger partial charge in [0.2, 0.25) is 11.4 Å². The molecule has 0 radical (unpaired) electrons. The first-order chi connectivity index (χ1) is 22.2. The lowest BCUT2D eigenvalue weighted by Crippen LogP contribution is -2.77. The number of nitrogens with two attached hydrogens (primary N) is 1. The second kappa shape index (κ2) is 11.6. The van der Waals surface area contributed by atoms with Gasteiger partial charge < -0.3 is 55.4 Å². The Hall–Kier alpha value is -3.32. The Morgan fingerprint density at radius 1 is 1.15 bits per heavy atom. The highest BCUT2D eigenvalue weighted by molar-refractivity contribution is 6.33. The van der Waals surface area contributed by atoms with Crippen LogP contribution in [0.3, 0.4) is 0 Å². The maximum atomic E-state index is 14.6. The highest BCUT2D eigenvalue weighted by atomic mass is 35.5. The van der Waals surface area contributed by atoms with Crippen molar-refractivity contribution < 1.29 is 64.1 Å². The topological polar surface area (TPSA) is 251 Å². The Labute approximate surface area is 280 Å². The average molecular weight is 698 g/mol. The summed E-state index contributed by atoms with van der Waals surface area (Å²) < 4.78 is 23.7. The normalized spacial score (nSPS) is 38.1. The predicted molar refractivity (Wildman–Crippen MR) is 165 cm³/mol. The van der Waals surface area contributed by atoms with Crippen molar-refractivity contribution in [3.05, 3.63) is 39.1 Å². The highest BCUT2D eigenvalue weighted by Crippen LogP contribution is 2.62. The number of carbonyl (C=O) groups excluding carboxylic acids is 3. The number of amides is 1. The number of phenolic OH excluding ortho intramolecular Hbond substituents is 1. The third-order valence-electron chi connectivity index (χ3n) is 10.3. The Morgan fingerprint density at radius 2 is 1.77 bits per heavy atom. The third kappa shape index (κ3) is 4.55. The second-order valence-electron chi connectivity index (χ2n) is 13.3. The lowest BCUT2D eigenvalue weighted by atomic mass is 9.52. The lowest BCUT2D eigenvalue weighted by Gasteiger charge is -2.58. The van der Waals surface area contributed by atoms with E-state index < -0.39 is 111 Å². The summed E-state index contributed by atoms with van der Waals surface area (Å²) in [4.78, 5) is 41.8. The summed E-state index contributed by atoms with van der Waals surface area (Å²) in [5.74, 6) is -8.67. The molecule has 9 N–H and O–H groups in total. The van der Waals surface area contributed by atoms with Crippen LogP contribution in [-0.2, 0) is 34.2 Å². The molecule has 1 saturated carbocycles. The van der Waals surface area contributed by atoms with Crippen LogP contribution in [0, 0.1) is 5.92 Å². The molecular formula is C31H40ClN3O13.